The summed E-state index contributed by atoms with van der Waals surface area (Å²) in [5, 5.41) is 0. The minimum absolute atomic E-state index is 0.111. The second kappa shape index (κ2) is 5.93. The predicted molar refractivity (Wildman–Crippen MR) is 79.7 cm³/mol. The summed E-state index contributed by atoms with van der Waals surface area (Å²) in [6, 6.07) is 6.59. The second-order valence-electron chi connectivity index (χ2n) is 5.77. The second-order valence-corrected chi connectivity index (χ2v) is 5.77. The summed E-state index contributed by atoms with van der Waals surface area (Å²) in [6.07, 6.45) is 3.20. The van der Waals surface area contributed by atoms with Crippen LogP contribution in [0.3, 0.4) is 0 Å². The van der Waals surface area contributed by atoms with Gasteiger partial charge in [-0.3, -0.25) is 4.90 Å². The summed E-state index contributed by atoms with van der Waals surface area (Å²) in [5.74, 6) is 1.07. The van der Waals surface area contributed by atoms with Crippen molar-refractivity contribution < 1.29 is 4.74 Å². The number of ether oxygens (including phenoxy) is 1. The molecule has 0 fully saturated rings. The van der Waals surface area contributed by atoms with Gasteiger partial charge in [0, 0.05) is 25.0 Å². The van der Waals surface area contributed by atoms with Crippen molar-refractivity contribution in [3.05, 3.63) is 29.3 Å². The molecule has 0 spiro atoms. The van der Waals surface area contributed by atoms with Gasteiger partial charge >= 0.3 is 0 Å². The highest BCUT2D eigenvalue weighted by atomic mass is 16.5. The lowest BCUT2D eigenvalue weighted by molar-refractivity contribution is 0.141. The molecule has 0 saturated carbocycles. The van der Waals surface area contributed by atoms with Crippen LogP contribution in [0.1, 0.15) is 31.4 Å². The molecule has 106 valence electrons. The number of rotatable bonds is 6. The molecule has 0 saturated heterocycles. The average Bonchev–Trinajstić information content (AvgIpc) is 2.91. The Morgan fingerprint density at radius 1 is 1.42 bits per heavy atom. The molecule has 0 amide bonds. The largest absolute Gasteiger partial charge is 0.493 e. The van der Waals surface area contributed by atoms with Gasteiger partial charge in [0.2, 0.25) is 0 Å². The number of nitrogens with zero attached hydrogens (tertiary/aromatic N) is 1. The lowest BCUT2D eigenvalue weighted by Gasteiger charge is -2.37. The van der Waals surface area contributed by atoms with E-state index >= 15 is 0 Å². The molecule has 2 rings (SSSR count). The van der Waals surface area contributed by atoms with Crippen molar-refractivity contribution in [3.8, 4) is 5.75 Å². The van der Waals surface area contributed by atoms with Gasteiger partial charge < -0.3 is 10.5 Å². The fourth-order valence-corrected chi connectivity index (χ4v) is 2.53. The Kier molecular flexibility index (Phi) is 4.48. The van der Waals surface area contributed by atoms with Crippen molar-refractivity contribution in [1.29, 1.82) is 0 Å². The maximum Gasteiger partial charge on any atom is 0.122 e. The Balaban J connectivity index is 1.95. The molecule has 2 N–H and O–H groups in total. The normalized spacial score (nSPS) is 17.1. The predicted octanol–water partition coefficient (Wildman–Crippen LogP) is 2.22. The van der Waals surface area contributed by atoms with Crippen LogP contribution in [0, 0.1) is 0 Å². The summed E-state index contributed by atoms with van der Waals surface area (Å²) >= 11 is 0. The zero-order chi connectivity index (χ0) is 13.9. The summed E-state index contributed by atoms with van der Waals surface area (Å²) in [5.41, 5.74) is 8.77. The third-order valence-corrected chi connectivity index (χ3v) is 4.61. The van der Waals surface area contributed by atoms with Crippen LogP contribution >= 0.6 is 0 Å². The molecule has 0 aliphatic carbocycles. The van der Waals surface area contributed by atoms with Gasteiger partial charge in [-0.15, -0.1) is 0 Å². The molecular formula is C16H26N2O. The minimum Gasteiger partial charge on any atom is -0.493 e. The number of hydrogen-bond acceptors (Lipinski definition) is 3. The Morgan fingerprint density at radius 2 is 2.21 bits per heavy atom. The first-order valence-electron chi connectivity index (χ1n) is 7.25. The molecule has 1 heterocycles. The van der Waals surface area contributed by atoms with E-state index in [1.54, 1.807) is 0 Å². The maximum atomic E-state index is 5.90. The smallest absolute Gasteiger partial charge is 0.122 e. The molecule has 1 aliphatic rings. The molecule has 0 bridgehead atoms. The van der Waals surface area contributed by atoms with E-state index in [1.807, 2.05) is 0 Å². The van der Waals surface area contributed by atoms with Crippen molar-refractivity contribution in [2.45, 2.75) is 38.6 Å². The lowest BCUT2D eigenvalue weighted by Crippen LogP contribution is -2.49. The number of hydrogen-bond donors (Lipinski definition) is 1. The molecule has 1 aromatic rings. The van der Waals surface area contributed by atoms with E-state index in [4.69, 9.17) is 10.5 Å². The molecule has 0 radical (unpaired) electrons. The first-order chi connectivity index (χ1) is 9.09. The Bertz CT molecular complexity index is 427. The van der Waals surface area contributed by atoms with E-state index in [9.17, 15) is 0 Å². The molecule has 3 nitrogen and oxygen atoms in total. The number of nitrogens with two attached hydrogens (primary N) is 1. The zero-order valence-electron chi connectivity index (χ0n) is 12.4. The summed E-state index contributed by atoms with van der Waals surface area (Å²) in [4.78, 5) is 2.39. The first kappa shape index (κ1) is 14.4. The van der Waals surface area contributed by atoms with Crippen LogP contribution < -0.4 is 10.5 Å². The first-order valence-corrected chi connectivity index (χ1v) is 7.25. The maximum absolute atomic E-state index is 5.90. The highest BCUT2D eigenvalue weighted by molar-refractivity contribution is 5.39. The fourth-order valence-electron chi connectivity index (χ4n) is 2.53. The van der Waals surface area contributed by atoms with Crippen LogP contribution in [-0.4, -0.2) is 37.2 Å². The average molecular weight is 262 g/mol. The van der Waals surface area contributed by atoms with Crippen molar-refractivity contribution in [3.63, 3.8) is 0 Å². The highest BCUT2D eigenvalue weighted by Crippen LogP contribution is 2.26. The van der Waals surface area contributed by atoms with Gasteiger partial charge in [-0.25, -0.2) is 0 Å². The Hall–Kier alpha value is -1.06. The topological polar surface area (TPSA) is 38.5 Å². The van der Waals surface area contributed by atoms with Gasteiger partial charge in [0.1, 0.15) is 5.75 Å². The van der Waals surface area contributed by atoms with Gasteiger partial charge in [-0.1, -0.05) is 19.1 Å². The number of benzene rings is 1. The van der Waals surface area contributed by atoms with Gasteiger partial charge in [-0.2, -0.15) is 0 Å². The molecular weight excluding hydrogens is 236 g/mol. The molecule has 1 aromatic carbocycles. The van der Waals surface area contributed by atoms with E-state index < -0.39 is 0 Å². The van der Waals surface area contributed by atoms with E-state index in [0.717, 1.165) is 38.2 Å². The molecule has 3 heteroatoms. The summed E-state index contributed by atoms with van der Waals surface area (Å²) in [7, 11) is 2.17. The quantitative estimate of drug-likeness (QED) is 0.854. The van der Waals surface area contributed by atoms with Crippen molar-refractivity contribution >= 4 is 0 Å². The van der Waals surface area contributed by atoms with E-state index in [1.165, 1.54) is 11.1 Å². The standard InChI is InChI=1S/C16H26N2O/c1-4-16(2,12-17)18(3)9-7-13-5-6-15-14(11-13)8-10-19-15/h5-6,11H,4,7-10,12,17H2,1-3H3. The highest BCUT2D eigenvalue weighted by Gasteiger charge is 2.25. The van der Waals surface area contributed by atoms with E-state index in [-0.39, 0.29) is 5.54 Å². The van der Waals surface area contributed by atoms with Crippen LogP contribution in [0.2, 0.25) is 0 Å². The van der Waals surface area contributed by atoms with Gasteiger partial charge in [-0.05, 0) is 44.0 Å². The third-order valence-electron chi connectivity index (χ3n) is 4.61. The van der Waals surface area contributed by atoms with Crippen molar-refractivity contribution in [1.82, 2.24) is 4.90 Å². The SMILES string of the molecule is CCC(C)(CN)N(C)CCc1ccc2c(c1)CCO2. The Labute approximate surface area is 116 Å². The minimum atomic E-state index is 0.111. The zero-order valence-corrected chi connectivity index (χ0v) is 12.4. The molecule has 1 unspecified atom stereocenters. The summed E-state index contributed by atoms with van der Waals surface area (Å²) < 4.78 is 5.54. The number of fused-ring (bicyclic) bond motifs is 1. The van der Waals surface area contributed by atoms with E-state index in [2.05, 4.69) is 44.0 Å². The molecule has 0 aromatic heterocycles. The Morgan fingerprint density at radius 3 is 2.89 bits per heavy atom. The fraction of sp³-hybridized carbons (Fsp3) is 0.625. The van der Waals surface area contributed by atoms with Crippen LogP contribution in [0.25, 0.3) is 0 Å². The lowest BCUT2D eigenvalue weighted by atomic mass is 9.96. The molecule has 19 heavy (non-hydrogen) atoms. The van der Waals surface area contributed by atoms with Gasteiger partial charge in [0.15, 0.2) is 0 Å². The van der Waals surface area contributed by atoms with Crippen LogP contribution in [0.4, 0.5) is 0 Å². The van der Waals surface area contributed by atoms with Crippen molar-refractivity contribution in [2.75, 3.05) is 26.7 Å². The van der Waals surface area contributed by atoms with E-state index in [0.29, 0.717) is 6.54 Å². The van der Waals surface area contributed by atoms with Gasteiger partial charge in [0.25, 0.3) is 0 Å². The monoisotopic (exact) mass is 262 g/mol. The van der Waals surface area contributed by atoms with Crippen LogP contribution in [-0.2, 0) is 12.8 Å². The van der Waals surface area contributed by atoms with Crippen molar-refractivity contribution in [2.24, 2.45) is 5.73 Å². The number of likely N-dealkylation sites (N-methyl/N-ethyl adjacent to an activating group) is 1. The van der Waals surface area contributed by atoms with Crippen LogP contribution in [0.15, 0.2) is 18.2 Å². The molecule has 1 atom stereocenters. The van der Waals surface area contributed by atoms with Crippen LogP contribution in [0.5, 0.6) is 5.75 Å². The molecule has 1 aliphatic heterocycles. The van der Waals surface area contributed by atoms with Gasteiger partial charge in [0.05, 0.1) is 6.61 Å². The third kappa shape index (κ3) is 3.10. The summed E-state index contributed by atoms with van der Waals surface area (Å²) in [6.45, 7) is 7.03.